The van der Waals surface area contributed by atoms with Gasteiger partial charge in [0.05, 0.1) is 40.7 Å². The summed E-state index contributed by atoms with van der Waals surface area (Å²) in [6.45, 7) is 6.82. The lowest BCUT2D eigenvalue weighted by molar-refractivity contribution is 0.293. The molecule has 0 saturated heterocycles. The fourth-order valence-electron chi connectivity index (χ4n) is 3.90. The fraction of sp³-hybridized carbons (Fsp3) is 0.333. The molecule has 2 heterocycles. The number of pyridine rings is 1. The van der Waals surface area contributed by atoms with E-state index in [1.54, 1.807) is 14.2 Å². The van der Waals surface area contributed by atoms with Crippen LogP contribution < -0.4 is 14.9 Å². The van der Waals surface area contributed by atoms with E-state index in [1.165, 1.54) is 0 Å². The minimum atomic E-state index is -0.115. The molecule has 2 aromatic carbocycles. The molecule has 0 atom stereocenters. The molecule has 29 heavy (non-hydrogen) atoms. The molecule has 2 aromatic heterocycles. The number of nitrogens with zero attached hydrogens (tertiary/aromatic N) is 3. The molecule has 0 fully saturated rings. The first kappa shape index (κ1) is 20.4. The van der Waals surface area contributed by atoms with Crippen LogP contribution in [0.1, 0.15) is 19.5 Å². The SMILES string of the molecule is CCN(CC)Cc1nn2c3c(OC)cc(Br)c(OC)c3c(=O)c3c(Br)ccc1c32. The van der Waals surface area contributed by atoms with Crippen LogP contribution in [0.25, 0.3) is 27.2 Å². The van der Waals surface area contributed by atoms with Crippen LogP contribution >= 0.6 is 31.9 Å². The molecule has 4 rings (SSSR count). The number of rotatable bonds is 6. The van der Waals surface area contributed by atoms with Gasteiger partial charge in [-0.3, -0.25) is 9.69 Å². The van der Waals surface area contributed by atoms with E-state index in [9.17, 15) is 4.79 Å². The maximum atomic E-state index is 13.6. The predicted octanol–water partition coefficient (Wildman–Crippen LogP) is 4.82. The van der Waals surface area contributed by atoms with Gasteiger partial charge in [-0.05, 0) is 57.1 Å². The molecule has 0 radical (unpaired) electrons. The molecule has 0 bridgehead atoms. The van der Waals surface area contributed by atoms with Crippen molar-refractivity contribution in [3.05, 3.63) is 43.1 Å². The number of halogens is 2. The van der Waals surface area contributed by atoms with E-state index in [4.69, 9.17) is 14.6 Å². The molecule has 0 unspecified atom stereocenters. The topological polar surface area (TPSA) is 56.1 Å². The van der Waals surface area contributed by atoms with Gasteiger partial charge in [0, 0.05) is 22.5 Å². The maximum Gasteiger partial charge on any atom is 0.202 e. The van der Waals surface area contributed by atoms with E-state index in [0.29, 0.717) is 38.8 Å². The number of aromatic nitrogens is 2. The Kier molecular flexibility index (Phi) is 5.44. The standard InChI is InChI=1S/C21H21Br2N3O3/c1-5-25(6-2)10-14-11-7-8-12(22)16-18(11)26(24-14)19-15(28-3)9-13(23)21(29-4)17(19)20(16)27/h7-9H,5-6,10H2,1-4H3. The summed E-state index contributed by atoms with van der Waals surface area (Å²) in [7, 11) is 3.15. The summed E-state index contributed by atoms with van der Waals surface area (Å²) in [6, 6.07) is 5.75. The molecule has 0 aliphatic carbocycles. The minimum Gasteiger partial charge on any atom is -0.495 e. The third kappa shape index (κ3) is 3.00. The van der Waals surface area contributed by atoms with Crippen molar-refractivity contribution in [3.63, 3.8) is 0 Å². The first-order valence-electron chi connectivity index (χ1n) is 9.38. The van der Waals surface area contributed by atoms with Crippen LogP contribution in [-0.4, -0.2) is 41.8 Å². The van der Waals surface area contributed by atoms with Crippen molar-refractivity contribution >= 4 is 59.1 Å². The van der Waals surface area contributed by atoms with Crippen LogP contribution in [0, 0.1) is 0 Å². The average Bonchev–Trinajstić information content (AvgIpc) is 3.08. The van der Waals surface area contributed by atoms with Gasteiger partial charge >= 0.3 is 0 Å². The Hall–Kier alpha value is -1.90. The molecule has 0 N–H and O–H groups in total. The third-order valence-corrected chi connectivity index (χ3v) is 6.65. The van der Waals surface area contributed by atoms with Gasteiger partial charge in [-0.15, -0.1) is 0 Å². The van der Waals surface area contributed by atoms with Crippen molar-refractivity contribution in [1.82, 2.24) is 14.5 Å². The molecule has 0 spiro atoms. The Bertz CT molecular complexity index is 1280. The van der Waals surface area contributed by atoms with Crippen molar-refractivity contribution < 1.29 is 9.47 Å². The number of methoxy groups -OCH3 is 2. The fourth-order valence-corrected chi connectivity index (χ4v) is 4.97. The summed E-state index contributed by atoms with van der Waals surface area (Å²) in [4.78, 5) is 15.9. The van der Waals surface area contributed by atoms with Gasteiger partial charge in [0.15, 0.2) is 0 Å². The highest BCUT2D eigenvalue weighted by molar-refractivity contribution is 9.11. The first-order chi connectivity index (χ1) is 14.0. The Morgan fingerprint density at radius 2 is 1.76 bits per heavy atom. The smallest absolute Gasteiger partial charge is 0.202 e. The number of hydrogen-bond acceptors (Lipinski definition) is 5. The second kappa shape index (κ2) is 7.74. The van der Waals surface area contributed by atoms with Crippen molar-refractivity contribution in [3.8, 4) is 11.5 Å². The van der Waals surface area contributed by atoms with Crippen LogP contribution in [-0.2, 0) is 6.54 Å². The third-order valence-electron chi connectivity index (χ3n) is 5.40. The maximum absolute atomic E-state index is 13.6. The van der Waals surface area contributed by atoms with Gasteiger partial charge in [0.2, 0.25) is 5.43 Å². The van der Waals surface area contributed by atoms with Crippen molar-refractivity contribution in [2.75, 3.05) is 27.3 Å². The van der Waals surface area contributed by atoms with E-state index >= 15 is 0 Å². The quantitative estimate of drug-likeness (QED) is 0.340. The molecule has 6 nitrogen and oxygen atoms in total. The predicted molar refractivity (Wildman–Crippen MR) is 123 cm³/mol. The molecule has 0 aliphatic heterocycles. The molecule has 0 saturated carbocycles. The summed E-state index contributed by atoms with van der Waals surface area (Å²) in [5.41, 5.74) is 2.22. The van der Waals surface area contributed by atoms with Crippen LogP contribution in [0.15, 0.2) is 31.9 Å². The highest BCUT2D eigenvalue weighted by atomic mass is 79.9. The van der Waals surface area contributed by atoms with Gasteiger partial charge in [-0.1, -0.05) is 13.8 Å². The van der Waals surface area contributed by atoms with Crippen LogP contribution in [0.2, 0.25) is 0 Å². The van der Waals surface area contributed by atoms with Crippen molar-refractivity contribution in [2.45, 2.75) is 20.4 Å². The molecule has 0 amide bonds. The van der Waals surface area contributed by atoms with Gasteiger partial charge in [-0.2, -0.15) is 5.10 Å². The number of ether oxygens (including phenoxy) is 2. The zero-order chi connectivity index (χ0) is 20.9. The second-order valence-electron chi connectivity index (χ2n) is 6.79. The van der Waals surface area contributed by atoms with Gasteiger partial charge in [-0.25, -0.2) is 4.52 Å². The van der Waals surface area contributed by atoms with E-state index in [0.717, 1.165) is 34.2 Å². The first-order valence-corrected chi connectivity index (χ1v) is 11.0. The van der Waals surface area contributed by atoms with Crippen LogP contribution in [0.5, 0.6) is 11.5 Å². The molecule has 152 valence electrons. The largest absolute Gasteiger partial charge is 0.495 e. The van der Waals surface area contributed by atoms with Crippen molar-refractivity contribution in [1.29, 1.82) is 0 Å². The number of fused-ring (bicyclic) bond motifs is 2. The zero-order valence-electron chi connectivity index (χ0n) is 16.7. The summed E-state index contributed by atoms with van der Waals surface area (Å²) in [5.74, 6) is 1.03. The average molecular weight is 523 g/mol. The van der Waals surface area contributed by atoms with E-state index in [-0.39, 0.29) is 5.43 Å². The normalized spacial score (nSPS) is 12.0. The lowest BCUT2D eigenvalue weighted by Crippen LogP contribution is -2.22. The van der Waals surface area contributed by atoms with E-state index in [1.807, 2.05) is 22.7 Å². The van der Waals surface area contributed by atoms with Crippen molar-refractivity contribution in [2.24, 2.45) is 0 Å². The minimum absolute atomic E-state index is 0.115. The second-order valence-corrected chi connectivity index (χ2v) is 8.49. The molecular weight excluding hydrogens is 502 g/mol. The molecule has 8 heteroatoms. The summed E-state index contributed by atoms with van der Waals surface area (Å²) < 4.78 is 14.4. The highest BCUT2D eigenvalue weighted by Crippen LogP contribution is 2.41. The highest BCUT2D eigenvalue weighted by Gasteiger charge is 2.25. The van der Waals surface area contributed by atoms with Gasteiger partial charge < -0.3 is 9.47 Å². The van der Waals surface area contributed by atoms with Crippen LogP contribution in [0.3, 0.4) is 0 Å². The summed E-state index contributed by atoms with van der Waals surface area (Å²) >= 11 is 7.07. The van der Waals surface area contributed by atoms with Crippen LogP contribution in [0.4, 0.5) is 0 Å². The Balaban J connectivity index is 2.25. The summed E-state index contributed by atoms with van der Waals surface area (Å²) in [6.07, 6.45) is 0. The molecule has 0 aliphatic rings. The van der Waals surface area contributed by atoms with E-state index < -0.39 is 0 Å². The zero-order valence-corrected chi connectivity index (χ0v) is 19.8. The lowest BCUT2D eigenvalue weighted by Gasteiger charge is -2.16. The summed E-state index contributed by atoms with van der Waals surface area (Å²) in [5, 5.41) is 6.94. The van der Waals surface area contributed by atoms with Gasteiger partial charge in [0.25, 0.3) is 0 Å². The lowest BCUT2D eigenvalue weighted by atomic mass is 10.1. The Morgan fingerprint density at radius 3 is 2.38 bits per heavy atom. The molecule has 4 aromatic rings. The van der Waals surface area contributed by atoms with E-state index in [2.05, 4.69) is 50.6 Å². The number of benzene rings is 2. The Morgan fingerprint density at radius 1 is 1.03 bits per heavy atom. The Labute approximate surface area is 185 Å². The monoisotopic (exact) mass is 521 g/mol. The molecular formula is C21H21Br2N3O3. The van der Waals surface area contributed by atoms with Gasteiger partial charge in [0.1, 0.15) is 17.0 Å². The number of hydrogen-bond donors (Lipinski definition) is 0.